The van der Waals surface area contributed by atoms with Gasteiger partial charge in [0.05, 0.1) is 23.8 Å². The number of hydrogen-bond acceptors (Lipinski definition) is 7. The fraction of sp³-hybridized carbons (Fsp3) is 0.500. The zero-order valence-corrected chi connectivity index (χ0v) is 15.3. The molecule has 1 aliphatic rings. The average molecular weight is 370 g/mol. The maximum atomic E-state index is 12.3. The van der Waals surface area contributed by atoms with Gasteiger partial charge in [-0.1, -0.05) is 5.16 Å². The van der Waals surface area contributed by atoms with Gasteiger partial charge in [-0.05, 0) is 20.8 Å². The first-order valence-corrected chi connectivity index (χ1v) is 9.73. The van der Waals surface area contributed by atoms with Crippen molar-refractivity contribution in [3.8, 4) is 0 Å². The number of amides is 1. The monoisotopic (exact) mass is 370 g/mol. The summed E-state index contributed by atoms with van der Waals surface area (Å²) >= 11 is 1.57. The molecule has 24 heavy (non-hydrogen) atoms. The van der Waals surface area contributed by atoms with E-state index in [-0.39, 0.29) is 28.8 Å². The van der Waals surface area contributed by atoms with Crippen LogP contribution in [-0.2, 0) is 27.8 Å². The van der Waals surface area contributed by atoms with Gasteiger partial charge in [0, 0.05) is 17.8 Å². The van der Waals surface area contributed by atoms with Crippen LogP contribution in [-0.4, -0.2) is 42.5 Å². The van der Waals surface area contributed by atoms with Crippen LogP contribution >= 0.6 is 11.3 Å². The molecule has 0 radical (unpaired) electrons. The van der Waals surface area contributed by atoms with Gasteiger partial charge in [0.2, 0.25) is 15.9 Å². The second kappa shape index (κ2) is 6.26. The third kappa shape index (κ3) is 3.21. The third-order valence-corrected chi connectivity index (χ3v) is 6.48. The summed E-state index contributed by atoms with van der Waals surface area (Å²) in [4.78, 5) is 19.5. The van der Waals surface area contributed by atoms with Crippen molar-refractivity contribution in [2.24, 2.45) is 0 Å². The molecular weight excluding hydrogens is 352 g/mol. The summed E-state index contributed by atoms with van der Waals surface area (Å²) in [6.45, 7) is 5.74. The fourth-order valence-electron chi connectivity index (χ4n) is 2.74. The normalized spacial score (nSPS) is 14.7. The first-order chi connectivity index (χ1) is 11.3. The van der Waals surface area contributed by atoms with Crippen LogP contribution in [0, 0.1) is 20.8 Å². The number of sulfonamides is 1. The first-order valence-electron chi connectivity index (χ1n) is 7.43. The number of nitrogens with zero attached hydrogens (tertiary/aromatic N) is 3. The van der Waals surface area contributed by atoms with Crippen molar-refractivity contribution in [3.05, 3.63) is 27.0 Å². The van der Waals surface area contributed by atoms with Crippen LogP contribution < -0.4 is 4.72 Å². The highest BCUT2D eigenvalue weighted by molar-refractivity contribution is 7.89. The number of aromatic nitrogens is 2. The molecular formula is C14H18N4O4S2. The van der Waals surface area contributed by atoms with E-state index in [1.165, 1.54) is 6.92 Å². The average Bonchev–Trinajstić information content (AvgIpc) is 3.05. The predicted octanol–water partition coefficient (Wildman–Crippen LogP) is 0.920. The number of rotatable bonds is 4. The van der Waals surface area contributed by atoms with Crippen molar-refractivity contribution in [2.45, 2.75) is 38.6 Å². The Hall–Kier alpha value is -1.78. The smallest absolute Gasteiger partial charge is 0.246 e. The van der Waals surface area contributed by atoms with Gasteiger partial charge in [-0.2, -0.15) is 0 Å². The fourth-order valence-corrected chi connectivity index (χ4v) is 5.03. The second-order valence-corrected chi connectivity index (χ2v) is 8.64. The molecule has 0 saturated carbocycles. The van der Waals surface area contributed by atoms with E-state index in [0.717, 1.165) is 15.6 Å². The van der Waals surface area contributed by atoms with Gasteiger partial charge in [-0.15, -0.1) is 11.3 Å². The van der Waals surface area contributed by atoms with E-state index in [0.29, 0.717) is 19.5 Å². The molecule has 10 heteroatoms. The van der Waals surface area contributed by atoms with Gasteiger partial charge in [0.25, 0.3) is 0 Å². The lowest BCUT2D eigenvalue weighted by atomic mass is 10.2. The van der Waals surface area contributed by atoms with Crippen molar-refractivity contribution >= 4 is 27.3 Å². The van der Waals surface area contributed by atoms with Crippen LogP contribution in [0.1, 0.15) is 27.0 Å². The van der Waals surface area contributed by atoms with Crippen LogP contribution in [0.3, 0.4) is 0 Å². The quantitative estimate of drug-likeness (QED) is 0.858. The van der Waals surface area contributed by atoms with Crippen LogP contribution in [0.25, 0.3) is 0 Å². The molecule has 1 N–H and O–H groups in total. The molecule has 0 bridgehead atoms. The molecule has 3 rings (SSSR count). The minimum absolute atomic E-state index is 0.00527. The number of nitrogens with one attached hydrogen (secondary N) is 1. The molecule has 0 spiro atoms. The van der Waals surface area contributed by atoms with E-state index in [1.54, 1.807) is 23.2 Å². The van der Waals surface area contributed by atoms with E-state index in [2.05, 4.69) is 14.9 Å². The Morgan fingerprint density at radius 1 is 1.38 bits per heavy atom. The lowest BCUT2D eigenvalue weighted by Crippen LogP contribution is -2.42. The summed E-state index contributed by atoms with van der Waals surface area (Å²) in [6, 6.07) is 0. The molecule has 2 aromatic rings. The standard InChI is InChI=1S/C14H18N4O4S2/c1-8-14(9(2)22-17-8)24(20,21)15-6-13(19)18-5-4-11-12(7-18)23-10(3)16-11/h15H,4-7H2,1-3H3. The third-order valence-electron chi connectivity index (χ3n) is 3.84. The Kier molecular flexibility index (Phi) is 4.45. The van der Waals surface area contributed by atoms with E-state index in [9.17, 15) is 13.2 Å². The number of aryl methyl sites for hydroxylation is 3. The Morgan fingerprint density at radius 2 is 2.12 bits per heavy atom. The van der Waals surface area contributed by atoms with Crippen molar-refractivity contribution in [2.75, 3.05) is 13.1 Å². The molecule has 2 aromatic heterocycles. The Balaban J connectivity index is 1.66. The molecule has 0 aromatic carbocycles. The molecule has 0 unspecified atom stereocenters. The molecule has 1 aliphatic heterocycles. The van der Waals surface area contributed by atoms with Gasteiger partial charge >= 0.3 is 0 Å². The number of carbonyl (C=O) groups is 1. The summed E-state index contributed by atoms with van der Waals surface area (Å²) in [5.41, 5.74) is 1.31. The summed E-state index contributed by atoms with van der Waals surface area (Å²) < 4.78 is 31.9. The number of thiazole rings is 1. The van der Waals surface area contributed by atoms with Crippen LogP contribution in [0.15, 0.2) is 9.42 Å². The maximum Gasteiger partial charge on any atom is 0.246 e. The van der Waals surface area contributed by atoms with Gasteiger partial charge < -0.3 is 9.42 Å². The minimum Gasteiger partial charge on any atom is -0.360 e. The largest absolute Gasteiger partial charge is 0.360 e. The molecule has 0 saturated heterocycles. The van der Waals surface area contributed by atoms with Gasteiger partial charge in [0.1, 0.15) is 10.6 Å². The highest BCUT2D eigenvalue weighted by Crippen LogP contribution is 2.24. The Labute approximate surface area is 143 Å². The van der Waals surface area contributed by atoms with E-state index in [4.69, 9.17) is 4.52 Å². The number of carbonyl (C=O) groups excluding carboxylic acids is 1. The van der Waals surface area contributed by atoms with Crippen LogP contribution in [0.5, 0.6) is 0 Å². The van der Waals surface area contributed by atoms with Gasteiger partial charge in [0.15, 0.2) is 5.76 Å². The maximum absolute atomic E-state index is 12.3. The zero-order valence-electron chi connectivity index (χ0n) is 13.6. The van der Waals surface area contributed by atoms with Crippen molar-refractivity contribution < 1.29 is 17.7 Å². The molecule has 130 valence electrons. The summed E-state index contributed by atoms with van der Waals surface area (Å²) in [6.07, 6.45) is 0.696. The van der Waals surface area contributed by atoms with E-state index < -0.39 is 10.0 Å². The summed E-state index contributed by atoms with van der Waals surface area (Å²) in [5, 5.41) is 4.61. The SMILES string of the molecule is Cc1nc2c(s1)CN(C(=O)CNS(=O)(=O)c1c(C)noc1C)CC2. The van der Waals surface area contributed by atoms with Crippen LogP contribution in [0.4, 0.5) is 0 Å². The van der Waals surface area contributed by atoms with Gasteiger partial charge in [-0.25, -0.2) is 18.1 Å². The Bertz CT molecular complexity index is 865. The molecule has 0 fully saturated rings. The molecule has 8 nitrogen and oxygen atoms in total. The molecule has 1 amide bonds. The first kappa shape index (κ1) is 17.1. The predicted molar refractivity (Wildman–Crippen MR) is 87.1 cm³/mol. The van der Waals surface area contributed by atoms with E-state index >= 15 is 0 Å². The van der Waals surface area contributed by atoms with Crippen LogP contribution in [0.2, 0.25) is 0 Å². The molecule has 0 aliphatic carbocycles. The highest BCUT2D eigenvalue weighted by Gasteiger charge is 2.27. The van der Waals surface area contributed by atoms with E-state index in [1.807, 2.05) is 6.92 Å². The molecule has 0 atom stereocenters. The van der Waals surface area contributed by atoms with Crippen molar-refractivity contribution in [1.82, 2.24) is 19.8 Å². The van der Waals surface area contributed by atoms with Gasteiger partial charge in [-0.3, -0.25) is 4.79 Å². The Morgan fingerprint density at radius 3 is 2.79 bits per heavy atom. The highest BCUT2D eigenvalue weighted by atomic mass is 32.2. The van der Waals surface area contributed by atoms with Crippen molar-refractivity contribution in [1.29, 1.82) is 0 Å². The second-order valence-electron chi connectivity index (χ2n) is 5.65. The number of hydrogen-bond donors (Lipinski definition) is 1. The topological polar surface area (TPSA) is 105 Å². The minimum atomic E-state index is -3.83. The number of fused-ring (bicyclic) bond motifs is 1. The lowest BCUT2D eigenvalue weighted by Gasteiger charge is -2.26. The zero-order chi connectivity index (χ0) is 17.5. The van der Waals surface area contributed by atoms with Crippen molar-refractivity contribution in [3.63, 3.8) is 0 Å². The molecule has 3 heterocycles. The summed E-state index contributed by atoms with van der Waals surface area (Å²) in [7, 11) is -3.83. The lowest BCUT2D eigenvalue weighted by molar-refractivity contribution is -0.130. The summed E-state index contributed by atoms with van der Waals surface area (Å²) in [5.74, 6) is -0.0581.